The lowest BCUT2D eigenvalue weighted by Gasteiger charge is -2.02. The fourth-order valence-electron chi connectivity index (χ4n) is 0.897. The van der Waals surface area contributed by atoms with Crippen LogP contribution in [0.5, 0.6) is 5.88 Å². The first-order chi connectivity index (χ1) is 7.13. The van der Waals surface area contributed by atoms with E-state index in [9.17, 15) is 4.79 Å². The van der Waals surface area contributed by atoms with E-state index < -0.39 is 0 Å². The van der Waals surface area contributed by atoms with E-state index in [1.54, 1.807) is 31.1 Å². The van der Waals surface area contributed by atoms with Gasteiger partial charge in [0.15, 0.2) is 0 Å². The van der Waals surface area contributed by atoms with Crippen molar-refractivity contribution in [3.05, 3.63) is 23.9 Å². The van der Waals surface area contributed by atoms with E-state index >= 15 is 0 Å². The van der Waals surface area contributed by atoms with Gasteiger partial charge >= 0.3 is 0 Å². The molecule has 0 radical (unpaired) electrons. The molecule has 0 spiro atoms. The molecule has 0 saturated carbocycles. The van der Waals surface area contributed by atoms with Gasteiger partial charge in [-0.2, -0.15) is 4.99 Å². The van der Waals surface area contributed by atoms with Crippen LogP contribution in [-0.2, 0) is 0 Å². The van der Waals surface area contributed by atoms with Gasteiger partial charge in [-0.1, -0.05) is 0 Å². The van der Waals surface area contributed by atoms with Gasteiger partial charge in [-0.25, -0.2) is 4.98 Å². The monoisotopic (exact) mass is 207 g/mol. The Kier molecular flexibility index (Phi) is 3.79. The minimum atomic E-state index is -0.315. The minimum Gasteiger partial charge on any atom is -0.481 e. The Labute approximate surface area is 88.4 Å². The van der Waals surface area contributed by atoms with Gasteiger partial charge in [0.05, 0.1) is 13.4 Å². The summed E-state index contributed by atoms with van der Waals surface area (Å²) in [6.07, 6.45) is 2.96. The summed E-state index contributed by atoms with van der Waals surface area (Å²) >= 11 is 0. The number of hydrogen-bond donors (Lipinski definition) is 0. The maximum absolute atomic E-state index is 11.5. The van der Waals surface area contributed by atoms with Crippen LogP contribution in [0.4, 0.5) is 0 Å². The zero-order valence-corrected chi connectivity index (χ0v) is 8.97. The summed E-state index contributed by atoms with van der Waals surface area (Å²) in [7, 11) is 5.09. The van der Waals surface area contributed by atoms with Crippen molar-refractivity contribution in [1.82, 2.24) is 9.88 Å². The Morgan fingerprint density at radius 2 is 2.33 bits per heavy atom. The number of ether oxygens (including phenoxy) is 1. The smallest absolute Gasteiger partial charge is 0.278 e. The number of rotatable bonds is 3. The number of carbonyl (C=O) groups excluding carboxylic acids is 1. The van der Waals surface area contributed by atoms with Crippen LogP contribution in [0, 0.1) is 0 Å². The molecule has 0 unspecified atom stereocenters. The summed E-state index contributed by atoms with van der Waals surface area (Å²) in [5, 5.41) is 0. The molecule has 5 heteroatoms. The zero-order chi connectivity index (χ0) is 11.3. The van der Waals surface area contributed by atoms with Crippen molar-refractivity contribution >= 4 is 12.2 Å². The second kappa shape index (κ2) is 5.09. The third-order valence-electron chi connectivity index (χ3n) is 1.60. The summed E-state index contributed by atoms with van der Waals surface area (Å²) in [4.78, 5) is 20.8. The van der Waals surface area contributed by atoms with Gasteiger partial charge in [0.25, 0.3) is 5.91 Å². The second-order valence-electron chi connectivity index (χ2n) is 3.10. The highest BCUT2D eigenvalue weighted by Gasteiger charge is 2.04. The Morgan fingerprint density at radius 3 is 2.93 bits per heavy atom. The summed E-state index contributed by atoms with van der Waals surface area (Å²) < 4.78 is 4.90. The molecule has 5 nitrogen and oxygen atoms in total. The Hall–Kier alpha value is -1.91. The highest BCUT2D eigenvalue weighted by molar-refractivity contribution is 5.98. The molecule has 1 amide bonds. The summed E-state index contributed by atoms with van der Waals surface area (Å²) in [5.41, 5.74) is 0.458. The van der Waals surface area contributed by atoms with Crippen LogP contribution >= 0.6 is 0 Å². The Bertz CT molecular complexity index is 375. The highest BCUT2D eigenvalue weighted by atomic mass is 16.5. The van der Waals surface area contributed by atoms with Crippen LogP contribution in [-0.4, -0.2) is 43.3 Å². The highest BCUT2D eigenvalue weighted by Crippen LogP contribution is 2.09. The minimum absolute atomic E-state index is 0.315. The van der Waals surface area contributed by atoms with Crippen LogP contribution in [0.25, 0.3) is 0 Å². The average Bonchev–Trinajstić information content (AvgIpc) is 2.26. The molecule has 15 heavy (non-hydrogen) atoms. The molecule has 1 rings (SSSR count). The fraction of sp³-hybridized carbons (Fsp3) is 0.300. The van der Waals surface area contributed by atoms with Crippen LogP contribution in [0.1, 0.15) is 10.4 Å². The molecular weight excluding hydrogens is 194 g/mol. The molecule has 1 aromatic heterocycles. The first kappa shape index (κ1) is 11.2. The normalized spacial score (nSPS) is 10.3. The number of nitrogens with zero attached hydrogens (tertiary/aromatic N) is 3. The van der Waals surface area contributed by atoms with E-state index in [1.165, 1.54) is 19.6 Å². The molecular formula is C10H13N3O2. The van der Waals surface area contributed by atoms with Crippen LogP contribution < -0.4 is 4.74 Å². The van der Waals surface area contributed by atoms with Gasteiger partial charge in [-0.3, -0.25) is 4.79 Å². The van der Waals surface area contributed by atoms with Gasteiger partial charge in [0.1, 0.15) is 0 Å². The Balaban J connectivity index is 2.82. The quantitative estimate of drug-likeness (QED) is 0.544. The molecule has 0 N–H and O–H groups in total. The Morgan fingerprint density at radius 1 is 1.60 bits per heavy atom. The molecule has 0 aliphatic rings. The molecule has 1 aromatic rings. The van der Waals surface area contributed by atoms with Crippen molar-refractivity contribution in [2.45, 2.75) is 0 Å². The van der Waals surface area contributed by atoms with Crippen molar-refractivity contribution in [2.75, 3.05) is 21.2 Å². The van der Waals surface area contributed by atoms with Crippen molar-refractivity contribution in [2.24, 2.45) is 4.99 Å². The maximum Gasteiger partial charge on any atom is 0.278 e. The van der Waals surface area contributed by atoms with E-state index in [0.29, 0.717) is 11.4 Å². The second-order valence-corrected chi connectivity index (χ2v) is 3.10. The molecule has 0 atom stereocenters. The number of aliphatic imine (C=N–C) groups is 1. The standard InChI is InChI=1S/C10H13N3O2/c1-13(2)7-12-10(14)8-4-5-11-9(6-8)15-3/h4-7H,1-3H3. The molecule has 0 saturated heterocycles. The van der Waals surface area contributed by atoms with Crippen molar-refractivity contribution in [3.8, 4) is 5.88 Å². The third kappa shape index (κ3) is 3.38. The van der Waals surface area contributed by atoms with E-state index in [1.807, 2.05) is 0 Å². The summed E-state index contributed by atoms with van der Waals surface area (Å²) in [6.45, 7) is 0. The fourth-order valence-corrected chi connectivity index (χ4v) is 0.897. The lowest BCUT2D eigenvalue weighted by Crippen LogP contribution is -2.09. The largest absolute Gasteiger partial charge is 0.481 e. The van der Waals surface area contributed by atoms with Crippen LogP contribution in [0.3, 0.4) is 0 Å². The van der Waals surface area contributed by atoms with Crippen LogP contribution in [0.2, 0.25) is 0 Å². The van der Waals surface area contributed by atoms with E-state index in [2.05, 4.69) is 9.98 Å². The maximum atomic E-state index is 11.5. The molecule has 80 valence electrons. The van der Waals surface area contributed by atoms with E-state index in [0.717, 1.165) is 0 Å². The third-order valence-corrected chi connectivity index (χ3v) is 1.60. The zero-order valence-electron chi connectivity index (χ0n) is 8.97. The van der Waals surface area contributed by atoms with Crippen molar-refractivity contribution < 1.29 is 9.53 Å². The van der Waals surface area contributed by atoms with Gasteiger partial charge < -0.3 is 9.64 Å². The SMILES string of the molecule is COc1cc(C(=O)N=CN(C)C)ccn1. The van der Waals surface area contributed by atoms with Crippen LogP contribution in [0.15, 0.2) is 23.3 Å². The van der Waals surface area contributed by atoms with E-state index in [4.69, 9.17) is 4.74 Å². The summed E-state index contributed by atoms with van der Waals surface area (Å²) in [5.74, 6) is 0.0882. The summed E-state index contributed by atoms with van der Waals surface area (Å²) in [6, 6.07) is 3.15. The number of amides is 1. The van der Waals surface area contributed by atoms with Crippen molar-refractivity contribution in [1.29, 1.82) is 0 Å². The molecule has 0 fully saturated rings. The molecule has 0 bridgehead atoms. The van der Waals surface area contributed by atoms with Gasteiger partial charge in [-0.15, -0.1) is 0 Å². The number of carbonyl (C=O) groups is 1. The first-order valence-electron chi connectivity index (χ1n) is 4.38. The number of pyridine rings is 1. The molecule has 0 aliphatic heterocycles. The van der Waals surface area contributed by atoms with E-state index in [-0.39, 0.29) is 5.91 Å². The molecule has 0 aromatic carbocycles. The molecule has 0 aliphatic carbocycles. The van der Waals surface area contributed by atoms with Gasteiger partial charge in [0, 0.05) is 31.9 Å². The topological polar surface area (TPSA) is 54.8 Å². The lowest BCUT2D eigenvalue weighted by atomic mass is 10.2. The lowest BCUT2D eigenvalue weighted by molar-refractivity contribution is 0.100. The van der Waals surface area contributed by atoms with Gasteiger partial charge in [-0.05, 0) is 6.07 Å². The number of methoxy groups -OCH3 is 1. The average molecular weight is 207 g/mol. The predicted octanol–water partition coefficient (Wildman–Crippen LogP) is 0.820. The molecule has 1 heterocycles. The first-order valence-corrected chi connectivity index (χ1v) is 4.38. The predicted molar refractivity (Wildman–Crippen MR) is 57.3 cm³/mol. The van der Waals surface area contributed by atoms with Crippen molar-refractivity contribution in [3.63, 3.8) is 0 Å². The number of hydrogen-bond acceptors (Lipinski definition) is 3. The number of aromatic nitrogens is 1. The van der Waals surface area contributed by atoms with Gasteiger partial charge in [0.2, 0.25) is 5.88 Å².